The maximum atomic E-state index is 12.0. The third kappa shape index (κ3) is 1.48. The first-order valence-corrected chi connectivity index (χ1v) is 8.02. The smallest absolute Gasteiger partial charge is 0.260 e. The third-order valence-corrected chi connectivity index (χ3v) is 6.11. The van der Waals surface area contributed by atoms with Gasteiger partial charge in [-0.25, -0.2) is 0 Å². The molecular formula is C14H8N2O4S2. The van der Waals surface area contributed by atoms with Crippen LogP contribution in [0.15, 0.2) is 0 Å². The molecule has 0 saturated carbocycles. The zero-order chi connectivity index (χ0) is 15.8. The number of fused-ring (bicyclic) bond motifs is 2. The molecule has 110 valence electrons. The zero-order valence-corrected chi connectivity index (χ0v) is 13.1. The van der Waals surface area contributed by atoms with E-state index in [0.29, 0.717) is 32.0 Å². The summed E-state index contributed by atoms with van der Waals surface area (Å²) in [4.78, 5) is 50.4. The summed E-state index contributed by atoms with van der Waals surface area (Å²) in [6.07, 6.45) is 0. The van der Waals surface area contributed by atoms with Crippen molar-refractivity contribution in [1.29, 1.82) is 0 Å². The van der Waals surface area contributed by atoms with E-state index in [1.54, 1.807) is 13.8 Å². The van der Waals surface area contributed by atoms with Crippen LogP contribution in [0.25, 0.3) is 9.75 Å². The second-order valence-electron chi connectivity index (χ2n) is 5.04. The lowest BCUT2D eigenvalue weighted by atomic mass is 10.1. The molecule has 0 aliphatic carbocycles. The predicted molar refractivity (Wildman–Crippen MR) is 80.7 cm³/mol. The Morgan fingerprint density at radius 3 is 1.27 bits per heavy atom. The minimum absolute atomic E-state index is 0.309. The van der Waals surface area contributed by atoms with Gasteiger partial charge in [0.1, 0.15) is 0 Å². The fourth-order valence-corrected chi connectivity index (χ4v) is 5.28. The highest BCUT2D eigenvalue weighted by atomic mass is 32.1. The Kier molecular flexibility index (Phi) is 2.50. The number of hydrogen-bond donors (Lipinski definition) is 2. The molecule has 0 radical (unpaired) electrons. The van der Waals surface area contributed by atoms with Crippen molar-refractivity contribution >= 4 is 46.3 Å². The highest BCUT2D eigenvalue weighted by Crippen LogP contribution is 2.46. The van der Waals surface area contributed by atoms with E-state index in [4.69, 9.17) is 0 Å². The van der Waals surface area contributed by atoms with E-state index in [1.807, 2.05) is 0 Å². The van der Waals surface area contributed by atoms with E-state index in [1.165, 1.54) is 22.7 Å². The third-order valence-electron chi connectivity index (χ3n) is 3.74. The van der Waals surface area contributed by atoms with Gasteiger partial charge in [-0.05, 0) is 13.8 Å². The van der Waals surface area contributed by atoms with Crippen molar-refractivity contribution in [1.82, 2.24) is 10.6 Å². The maximum Gasteiger partial charge on any atom is 0.260 e. The molecule has 0 saturated heterocycles. The minimum atomic E-state index is -0.455. The summed E-state index contributed by atoms with van der Waals surface area (Å²) in [5, 5.41) is 4.55. The van der Waals surface area contributed by atoms with Crippen molar-refractivity contribution in [2.24, 2.45) is 0 Å². The van der Waals surface area contributed by atoms with E-state index < -0.39 is 23.6 Å². The molecule has 2 aliphatic rings. The summed E-state index contributed by atoms with van der Waals surface area (Å²) in [6.45, 7) is 3.52. The molecule has 0 atom stereocenters. The number of carbonyl (C=O) groups is 4. The Hall–Kier alpha value is -2.32. The van der Waals surface area contributed by atoms with Crippen molar-refractivity contribution < 1.29 is 19.2 Å². The molecule has 22 heavy (non-hydrogen) atoms. The standard InChI is InChI=1S/C14H8N2O4S2/c1-3-5-7(13(19)15-11(5)17)9(21-3)10-8-6(4(2)22-10)12(18)16-14(8)20/h1-2H3,(H,15,17,19)(H,16,18,20). The Morgan fingerprint density at radius 1 is 0.591 bits per heavy atom. The summed E-state index contributed by atoms with van der Waals surface area (Å²) in [7, 11) is 0. The number of imide groups is 2. The van der Waals surface area contributed by atoms with Gasteiger partial charge < -0.3 is 0 Å². The van der Waals surface area contributed by atoms with Gasteiger partial charge in [0.15, 0.2) is 0 Å². The van der Waals surface area contributed by atoms with Crippen molar-refractivity contribution in [3.05, 3.63) is 32.0 Å². The van der Waals surface area contributed by atoms with E-state index >= 15 is 0 Å². The van der Waals surface area contributed by atoms with E-state index in [-0.39, 0.29) is 0 Å². The Morgan fingerprint density at radius 2 is 0.909 bits per heavy atom. The molecule has 4 heterocycles. The van der Waals surface area contributed by atoms with E-state index in [2.05, 4.69) is 10.6 Å². The lowest BCUT2D eigenvalue weighted by molar-refractivity contribution is 0.0862. The predicted octanol–water partition coefficient (Wildman–Crippen LogP) is 1.86. The first-order chi connectivity index (χ1) is 10.4. The molecular weight excluding hydrogens is 324 g/mol. The average molecular weight is 332 g/mol. The van der Waals surface area contributed by atoms with E-state index in [0.717, 1.165) is 9.75 Å². The quantitative estimate of drug-likeness (QED) is 0.780. The molecule has 4 rings (SSSR count). The first-order valence-electron chi connectivity index (χ1n) is 6.38. The highest BCUT2D eigenvalue weighted by Gasteiger charge is 2.39. The number of hydrogen-bond acceptors (Lipinski definition) is 6. The Labute approximate surface area is 132 Å². The summed E-state index contributed by atoms with van der Waals surface area (Å²) in [5.74, 6) is -1.73. The molecule has 0 unspecified atom stereocenters. The second-order valence-corrected chi connectivity index (χ2v) is 7.49. The van der Waals surface area contributed by atoms with Crippen LogP contribution in [0.5, 0.6) is 0 Å². The van der Waals surface area contributed by atoms with Gasteiger partial charge in [0, 0.05) is 9.75 Å². The molecule has 2 N–H and O–H groups in total. The van der Waals surface area contributed by atoms with Gasteiger partial charge in [-0.15, -0.1) is 22.7 Å². The summed E-state index contributed by atoms with van der Waals surface area (Å²) in [5.41, 5.74) is 1.36. The second kappa shape index (κ2) is 4.11. The number of carbonyl (C=O) groups excluding carboxylic acids is 4. The van der Waals surface area contributed by atoms with Crippen molar-refractivity contribution in [2.75, 3.05) is 0 Å². The van der Waals surface area contributed by atoms with Crippen molar-refractivity contribution in [2.45, 2.75) is 13.8 Å². The fraction of sp³-hybridized carbons (Fsp3) is 0.143. The molecule has 0 spiro atoms. The van der Waals surface area contributed by atoms with Gasteiger partial charge in [-0.1, -0.05) is 0 Å². The number of aryl methyl sites for hydroxylation is 2. The molecule has 2 aromatic rings. The van der Waals surface area contributed by atoms with Crippen LogP contribution >= 0.6 is 22.7 Å². The topological polar surface area (TPSA) is 92.3 Å². The summed E-state index contributed by atoms with van der Waals surface area (Å²) >= 11 is 2.59. The average Bonchev–Trinajstić information content (AvgIpc) is 3.10. The highest BCUT2D eigenvalue weighted by molar-refractivity contribution is 7.23. The van der Waals surface area contributed by atoms with Gasteiger partial charge in [-0.3, -0.25) is 29.8 Å². The first kappa shape index (κ1) is 13.4. The van der Waals surface area contributed by atoms with Crippen LogP contribution in [0.2, 0.25) is 0 Å². The molecule has 0 bridgehead atoms. The number of nitrogens with one attached hydrogen (secondary N) is 2. The number of rotatable bonds is 1. The lowest BCUT2D eigenvalue weighted by Gasteiger charge is -1.99. The molecule has 2 aromatic heterocycles. The van der Waals surface area contributed by atoms with Crippen LogP contribution in [0.3, 0.4) is 0 Å². The maximum absolute atomic E-state index is 12.0. The molecule has 6 nitrogen and oxygen atoms in total. The van der Waals surface area contributed by atoms with Gasteiger partial charge in [0.2, 0.25) is 0 Å². The minimum Gasteiger partial charge on any atom is -0.288 e. The summed E-state index contributed by atoms with van der Waals surface area (Å²) in [6, 6.07) is 0. The number of amides is 4. The molecule has 0 aromatic carbocycles. The van der Waals surface area contributed by atoms with Crippen LogP contribution in [0, 0.1) is 13.8 Å². The number of thiophene rings is 2. The Balaban J connectivity index is 2.05. The summed E-state index contributed by atoms with van der Waals surface area (Å²) < 4.78 is 0. The van der Waals surface area contributed by atoms with Gasteiger partial charge >= 0.3 is 0 Å². The molecule has 0 fully saturated rings. The fourth-order valence-electron chi connectivity index (χ4n) is 2.85. The van der Waals surface area contributed by atoms with Crippen molar-refractivity contribution in [3.8, 4) is 9.75 Å². The van der Waals surface area contributed by atoms with E-state index in [9.17, 15) is 19.2 Å². The molecule has 8 heteroatoms. The van der Waals surface area contributed by atoms with Gasteiger partial charge in [0.25, 0.3) is 23.6 Å². The largest absolute Gasteiger partial charge is 0.288 e. The normalized spacial score (nSPS) is 15.9. The Bertz CT molecular complexity index is 859. The van der Waals surface area contributed by atoms with Crippen LogP contribution in [-0.4, -0.2) is 23.6 Å². The molecule has 4 amide bonds. The van der Waals surface area contributed by atoms with Crippen LogP contribution < -0.4 is 10.6 Å². The SMILES string of the molecule is Cc1sc(-c2sc(C)c3c2C(=O)NC3=O)c2c1C(=O)NC2=O. The molecule has 2 aliphatic heterocycles. The monoisotopic (exact) mass is 332 g/mol. The zero-order valence-electron chi connectivity index (χ0n) is 11.4. The van der Waals surface area contributed by atoms with Gasteiger partial charge in [0.05, 0.1) is 32.0 Å². The lowest BCUT2D eigenvalue weighted by Crippen LogP contribution is -2.21. The van der Waals surface area contributed by atoms with Crippen LogP contribution in [0.1, 0.15) is 51.2 Å². The van der Waals surface area contributed by atoms with Crippen LogP contribution in [0.4, 0.5) is 0 Å². The van der Waals surface area contributed by atoms with Crippen molar-refractivity contribution in [3.63, 3.8) is 0 Å². The van der Waals surface area contributed by atoms with Gasteiger partial charge in [-0.2, -0.15) is 0 Å². The van der Waals surface area contributed by atoms with Crippen LogP contribution in [-0.2, 0) is 0 Å².